The SMILES string of the molecule is CN(c1ccccc1)c1ccn2c(n1)nc1ccccc12. The van der Waals surface area contributed by atoms with E-state index in [9.17, 15) is 0 Å². The molecule has 0 aliphatic carbocycles. The van der Waals surface area contributed by atoms with Crippen LogP contribution in [-0.4, -0.2) is 21.4 Å². The summed E-state index contributed by atoms with van der Waals surface area (Å²) in [6.45, 7) is 0. The highest BCUT2D eigenvalue weighted by Crippen LogP contribution is 2.23. The lowest BCUT2D eigenvalue weighted by Gasteiger charge is -2.17. The molecule has 0 unspecified atom stereocenters. The summed E-state index contributed by atoms with van der Waals surface area (Å²) in [6, 6.07) is 20.3. The molecule has 0 saturated heterocycles. The summed E-state index contributed by atoms with van der Waals surface area (Å²) in [5.41, 5.74) is 3.14. The van der Waals surface area contributed by atoms with Crippen LogP contribution in [0.5, 0.6) is 0 Å². The van der Waals surface area contributed by atoms with Crippen molar-refractivity contribution in [2.75, 3.05) is 11.9 Å². The Kier molecular flexibility index (Phi) is 2.60. The van der Waals surface area contributed by atoms with Crippen LogP contribution in [0.25, 0.3) is 16.8 Å². The van der Waals surface area contributed by atoms with Crippen LogP contribution >= 0.6 is 0 Å². The maximum Gasteiger partial charge on any atom is 0.236 e. The van der Waals surface area contributed by atoms with Crippen LogP contribution in [0, 0.1) is 0 Å². The first kappa shape index (κ1) is 11.9. The minimum Gasteiger partial charge on any atom is -0.329 e. The highest BCUT2D eigenvalue weighted by atomic mass is 15.2. The molecule has 102 valence electrons. The predicted molar refractivity (Wildman–Crippen MR) is 85.0 cm³/mol. The van der Waals surface area contributed by atoms with Crippen LogP contribution in [0.1, 0.15) is 0 Å². The second kappa shape index (κ2) is 4.59. The van der Waals surface area contributed by atoms with Crippen LogP contribution in [0.2, 0.25) is 0 Å². The second-order valence-corrected chi connectivity index (χ2v) is 4.95. The molecule has 0 aliphatic heterocycles. The molecule has 0 N–H and O–H groups in total. The molecule has 0 bridgehead atoms. The summed E-state index contributed by atoms with van der Waals surface area (Å²) in [5.74, 6) is 1.60. The smallest absolute Gasteiger partial charge is 0.236 e. The normalized spacial score (nSPS) is 11.1. The molecule has 2 aromatic carbocycles. The first-order chi connectivity index (χ1) is 10.3. The van der Waals surface area contributed by atoms with Crippen LogP contribution in [-0.2, 0) is 0 Å². The molecule has 4 heteroatoms. The van der Waals surface area contributed by atoms with Gasteiger partial charge in [-0.15, -0.1) is 0 Å². The van der Waals surface area contributed by atoms with Crippen molar-refractivity contribution in [2.45, 2.75) is 0 Å². The molecule has 0 saturated carbocycles. The maximum absolute atomic E-state index is 4.67. The molecule has 0 spiro atoms. The summed E-state index contributed by atoms with van der Waals surface area (Å²) in [6.07, 6.45) is 2.02. The van der Waals surface area contributed by atoms with Crippen LogP contribution < -0.4 is 4.90 Å². The fraction of sp³-hybridized carbons (Fsp3) is 0.0588. The number of benzene rings is 2. The van der Waals surface area contributed by atoms with E-state index in [2.05, 4.69) is 33.1 Å². The van der Waals surface area contributed by atoms with Gasteiger partial charge in [-0.1, -0.05) is 30.3 Å². The van der Waals surface area contributed by atoms with Gasteiger partial charge in [0.1, 0.15) is 5.82 Å². The van der Waals surface area contributed by atoms with Gasteiger partial charge in [0.25, 0.3) is 0 Å². The number of aromatic nitrogens is 3. The van der Waals surface area contributed by atoms with Crippen LogP contribution in [0.3, 0.4) is 0 Å². The van der Waals surface area contributed by atoms with Gasteiger partial charge >= 0.3 is 0 Å². The Morgan fingerprint density at radius 2 is 1.62 bits per heavy atom. The van der Waals surface area contributed by atoms with Gasteiger partial charge in [-0.2, -0.15) is 4.98 Å². The molecule has 0 amide bonds. The Labute approximate surface area is 122 Å². The fourth-order valence-corrected chi connectivity index (χ4v) is 2.51. The van der Waals surface area contributed by atoms with Crippen molar-refractivity contribution in [3.05, 3.63) is 66.9 Å². The molecule has 4 aromatic rings. The number of anilines is 2. The zero-order valence-electron chi connectivity index (χ0n) is 11.6. The summed E-state index contributed by atoms with van der Waals surface area (Å²) in [7, 11) is 2.01. The minimum absolute atomic E-state index is 0.719. The van der Waals surface area contributed by atoms with E-state index in [1.807, 2.05) is 60.1 Å². The quantitative estimate of drug-likeness (QED) is 0.559. The van der Waals surface area contributed by atoms with Gasteiger partial charge in [-0.25, -0.2) is 4.98 Å². The number of rotatable bonds is 2. The standard InChI is InChI=1S/C17H14N4/c1-20(13-7-3-2-4-8-13)16-11-12-21-15-10-6-5-9-14(15)18-17(21)19-16/h2-12H,1H3. The first-order valence-electron chi connectivity index (χ1n) is 6.85. The summed E-state index contributed by atoms with van der Waals surface area (Å²) in [5, 5.41) is 0. The predicted octanol–water partition coefficient (Wildman–Crippen LogP) is 3.65. The Hall–Kier alpha value is -2.88. The number of imidazole rings is 1. The number of para-hydroxylation sites is 3. The van der Waals surface area contributed by atoms with Gasteiger partial charge in [0.2, 0.25) is 5.78 Å². The lowest BCUT2D eigenvalue weighted by atomic mass is 10.3. The van der Waals surface area contributed by atoms with Gasteiger partial charge in [-0.05, 0) is 30.3 Å². The largest absolute Gasteiger partial charge is 0.329 e. The lowest BCUT2D eigenvalue weighted by molar-refractivity contribution is 1.07. The van der Waals surface area contributed by atoms with Gasteiger partial charge in [0, 0.05) is 18.9 Å². The van der Waals surface area contributed by atoms with E-state index in [0.717, 1.165) is 28.3 Å². The second-order valence-electron chi connectivity index (χ2n) is 4.95. The Bertz CT molecular complexity index is 912. The van der Waals surface area contributed by atoms with Crippen molar-refractivity contribution in [3.8, 4) is 0 Å². The Morgan fingerprint density at radius 3 is 2.48 bits per heavy atom. The van der Waals surface area contributed by atoms with E-state index in [4.69, 9.17) is 0 Å². The summed E-state index contributed by atoms with van der Waals surface area (Å²) < 4.78 is 2.01. The molecular formula is C17H14N4. The topological polar surface area (TPSA) is 33.4 Å². The van der Waals surface area contributed by atoms with Crippen molar-refractivity contribution >= 4 is 28.3 Å². The molecule has 0 fully saturated rings. The van der Waals surface area contributed by atoms with E-state index >= 15 is 0 Å². The van der Waals surface area contributed by atoms with Gasteiger partial charge in [-0.3, -0.25) is 4.40 Å². The minimum atomic E-state index is 0.719. The number of nitrogens with zero attached hydrogens (tertiary/aromatic N) is 4. The van der Waals surface area contributed by atoms with Gasteiger partial charge < -0.3 is 4.90 Å². The van der Waals surface area contributed by atoms with Crippen molar-refractivity contribution in [1.82, 2.24) is 14.4 Å². The maximum atomic E-state index is 4.67. The highest BCUT2D eigenvalue weighted by Gasteiger charge is 2.09. The fourth-order valence-electron chi connectivity index (χ4n) is 2.51. The third-order valence-electron chi connectivity index (χ3n) is 3.65. The number of fused-ring (bicyclic) bond motifs is 3. The van der Waals surface area contributed by atoms with Crippen LogP contribution in [0.15, 0.2) is 66.9 Å². The van der Waals surface area contributed by atoms with E-state index in [1.54, 1.807) is 0 Å². The van der Waals surface area contributed by atoms with E-state index in [1.165, 1.54) is 0 Å². The van der Waals surface area contributed by atoms with Crippen LogP contribution in [0.4, 0.5) is 11.5 Å². The molecule has 0 radical (unpaired) electrons. The molecular weight excluding hydrogens is 260 g/mol. The molecule has 4 nitrogen and oxygen atoms in total. The monoisotopic (exact) mass is 274 g/mol. The zero-order chi connectivity index (χ0) is 14.2. The van der Waals surface area contributed by atoms with E-state index in [-0.39, 0.29) is 0 Å². The molecule has 2 heterocycles. The van der Waals surface area contributed by atoms with E-state index in [0.29, 0.717) is 0 Å². The highest BCUT2D eigenvalue weighted by molar-refractivity contribution is 5.79. The Balaban J connectivity index is 1.85. The molecule has 4 rings (SSSR count). The molecule has 2 aromatic heterocycles. The number of hydrogen-bond donors (Lipinski definition) is 0. The van der Waals surface area contributed by atoms with Crippen molar-refractivity contribution < 1.29 is 0 Å². The Morgan fingerprint density at radius 1 is 0.857 bits per heavy atom. The summed E-state index contributed by atoms with van der Waals surface area (Å²) in [4.78, 5) is 11.3. The third-order valence-corrected chi connectivity index (χ3v) is 3.65. The average Bonchev–Trinajstić information content (AvgIpc) is 2.92. The van der Waals surface area contributed by atoms with Crippen molar-refractivity contribution in [2.24, 2.45) is 0 Å². The van der Waals surface area contributed by atoms with Gasteiger partial charge in [0.05, 0.1) is 11.0 Å². The number of hydrogen-bond acceptors (Lipinski definition) is 3. The molecule has 0 atom stereocenters. The average molecular weight is 274 g/mol. The lowest BCUT2D eigenvalue weighted by Crippen LogP contribution is -2.11. The van der Waals surface area contributed by atoms with Gasteiger partial charge in [0.15, 0.2) is 0 Å². The molecule has 0 aliphatic rings. The third kappa shape index (κ3) is 1.92. The van der Waals surface area contributed by atoms with Crippen molar-refractivity contribution in [3.63, 3.8) is 0 Å². The zero-order valence-corrected chi connectivity index (χ0v) is 11.6. The molecule has 21 heavy (non-hydrogen) atoms. The van der Waals surface area contributed by atoms with Crippen molar-refractivity contribution in [1.29, 1.82) is 0 Å². The van der Waals surface area contributed by atoms with E-state index < -0.39 is 0 Å². The first-order valence-corrected chi connectivity index (χ1v) is 6.85. The summed E-state index contributed by atoms with van der Waals surface area (Å²) >= 11 is 0.